The maximum absolute atomic E-state index is 13.0. The van der Waals surface area contributed by atoms with Crippen LogP contribution in [0.15, 0.2) is 18.2 Å². The van der Waals surface area contributed by atoms with Gasteiger partial charge in [0.1, 0.15) is 5.82 Å². The molecule has 1 saturated heterocycles. The van der Waals surface area contributed by atoms with E-state index < -0.39 is 5.82 Å². The molecule has 5 heteroatoms. The Balaban J connectivity index is 1.45. The average Bonchev–Trinajstić information content (AvgIpc) is 3.07. The van der Waals surface area contributed by atoms with Crippen molar-refractivity contribution in [3.8, 4) is 0 Å². The molecule has 1 aromatic carbocycles. The summed E-state index contributed by atoms with van der Waals surface area (Å²) in [6.07, 6.45) is 7.72. The molecule has 1 aromatic rings. The van der Waals surface area contributed by atoms with Crippen molar-refractivity contribution in [2.24, 2.45) is 5.92 Å². The molecule has 0 spiro atoms. The minimum atomic E-state index is -0.425. The second kappa shape index (κ2) is 7.63. The average molecular weight is 339 g/mol. The van der Waals surface area contributed by atoms with E-state index in [-0.39, 0.29) is 10.9 Å². The van der Waals surface area contributed by atoms with Gasteiger partial charge in [0.2, 0.25) is 0 Å². The van der Waals surface area contributed by atoms with Crippen LogP contribution < -0.4 is 5.32 Å². The molecule has 2 aliphatic rings. The number of halogens is 2. The van der Waals surface area contributed by atoms with Crippen molar-refractivity contribution in [3.63, 3.8) is 0 Å². The predicted octanol–water partition coefficient (Wildman–Crippen LogP) is 3.86. The van der Waals surface area contributed by atoms with Crippen LogP contribution in [0.25, 0.3) is 0 Å². The molecular weight excluding hydrogens is 315 g/mol. The fraction of sp³-hybridized carbons (Fsp3) is 0.611. The number of carbonyl (C=O) groups is 1. The summed E-state index contributed by atoms with van der Waals surface area (Å²) < 4.78 is 13.0. The summed E-state index contributed by atoms with van der Waals surface area (Å²) in [5.41, 5.74) is 0.344. The summed E-state index contributed by atoms with van der Waals surface area (Å²) in [6, 6.07) is 4.68. The van der Waals surface area contributed by atoms with Gasteiger partial charge in [-0.15, -0.1) is 0 Å². The largest absolute Gasteiger partial charge is 0.352 e. The zero-order valence-corrected chi connectivity index (χ0v) is 14.1. The summed E-state index contributed by atoms with van der Waals surface area (Å²) in [4.78, 5) is 14.8. The molecule has 2 fully saturated rings. The van der Waals surface area contributed by atoms with E-state index in [1.54, 1.807) is 0 Å². The number of likely N-dealkylation sites (tertiary alicyclic amines) is 1. The number of rotatable bonds is 4. The molecule has 0 bridgehead atoms. The number of amides is 1. The number of carbonyl (C=O) groups excluding carboxylic acids is 1. The Hall–Kier alpha value is -1.13. The molecule has 3 nitrogen and oxygen atoms in total. The van der Waals surface area contributed by atoms with Crippen LogP contribution in [-0.4, -0.2) is 36.5 Å². The smallest absolute Gasteiger partial charge is 0.252 e. The highest BCUT2D eigenvalue weighted by molar-refractivity contribution is 6.33. The van der Waals surface area contributed by atoms with E-state index in [2.05, 4.69) is 10.2 Å². The van der Waals surface area contributed by atoms with Gasteiger partial charge in [-0.05, 0) is 62.9 Å². The molecule has 1 heterocycles. The second-order valence-corrected chi connectivity index (χ2v) is 7.16. The highest BCUT2D eigenvalue weighted by Gasteiger charge is 2.27. The Morgan fingerprint density at radius 3 is 2.57 bits per heavy atom. The summed E-state index contributed by atoms with van der Waals surface area (Å²) in [6.45, 7) is 2.95. The quantitative estimate of drug-likeness (QED) is 0.904. The Labute approximate surface area is 142 Å². The Bertz CT molecular complexity index is 552. The fourth-order valence-electron chi connectivity index (χ4n) is 3.80. The number of hydrogen-bond donors (Lipinski definition) is 1. The first-order valence-electron chi connectivity index (χ1n) is 8.61. The van der Waals surface area contributed by atoms with Crippen molar-refractivity contribution in [2.75, 3.05) is 19.6 Å². The normalized spacial score (nSPS) is 20.8. The minimum Gasteiger partial charge on any atom is -0.352 e. The second-order valence-electron chi connectivity index (χ2n) is 6.75. The van der Waals surface area contributed by atoms with Gasteiger partial charge in [0.05, 0.1) is 10.6 Å². The van der Waals surface area contributed by atoms with Crippen LogP contribution in [-0.2, 0) is 0 Å². The topological polar surface area (TPSA) is 32.3 Å². The van der Waals surface area contributed by atoms with E-state index in [0.717, 1.165) is 32.0 Å². The number of piperidine rings is 1. The maximum Gasteiger partial charge on any atom is 0.252 e. The molecule has 0 atom stereocenters. The lowest BCUT2D eigenvalue weighted by Gasteiger charge is -2.36. The van der Waals surface area contributed by atoms with Gasteiger partial charge in [0.25, 0.3) is 5.91 Å². The van der Waals surface area contributed by atoms with Gasteiger partial charge < -0.3 is 10.2 Å². The van der Waals surface area contributed by atoms with Crippen molar-refractivity contribution >= 4 is 17.5 Å². The van der Waals surface area contributed by atoms with E-state index in [0.29, 0.717) is 18.0 Å². The SMILES string of the molecule is O=C(NCC1CCN(C2CCCC2)CC1)c1ccc(F)cc1Cl. The molecule has 23 heavy (non-hydrogen) atoms. The molecule has 0 unspecified atom stereocenters. The summed E-state index contributed by atoms with van der Waals surface area (Å²) in [7, 11) is 0. The summed E-state index contributed by atoms with van der Waals surface area (Å²) in [5, 5.41) is 3.11. The van der Waals surface area contributed by atoms with Gasteiger partial charge in [0.15, 0.2) is 0 Å². The highest BCUT2D eigenvalue weighted by atomic mass is 35.5. The lowest BCUT2D eigenvalue weighted by Crippen LogP contribution is -2.42. The van der Waals surface area contributed by atoms with Crippen molar-refractivity contribution in [1.29, 1.82) is 0 Å². The first kappa shape index (κ1) is 16.7. The van der Waals surface area contributed by atoms with Crippen LogP contribution in [0, 0.1) is 11.7 Å². The van der Waals surface area contributed by atoms with Crippen LogP contribution in [0.4, 0.5) is 4.39 Å². The van der Waals surface area contributed by atoms with Crippen molar-refractivity contribution in [1.82, 2.24) is 10.2 Å². The molecule has 1 saturated carbocycles. The van der Waals surface area contributed by atoms with E-state index >= 15 is 0 Å². The van der Waals surface area contributed by atoms with Crippen LogP contribution in [0.1, 0.15) is 48.9 Å². The minimum absolute atomic E-state index is 0.165. The number of nitrogens with zero attached hydrogens (tertiary/aromatic N) is 1. The molecule has 0 aromatic heterocycles. The highest BCUT2D eigenvalue weighted by Crippen LogP contribution is 2.27. The van der Waals surface area contributed by atoms with E-state index in [1.165, 1.54) is 43.9 Å². The molecule has 1 amide bonds. The van der Waals surface area contributed by atoms with E-state index in [4.69, 9.17) is 11.6 Å². The van der Waals surface area contributed by atoms with Crippen molar-refractivity contribution in [3.05, 3.63) is 34.6 Å². The van der Waals surface area contributed by atoms with Crippen LogP contribution >= 0.6 is 11.6 Å². The zero-order chi connectivity index (χ0) is 16.2. The number of benzene rings is 1. The van der Waals surface area contributed by atoms with Gasteiger partial charge >= 0.3 is 0 Å². The van der Waals surface area contributed by atoms with Crippen molar-refractivity contribution in [2.45, 2.75) is 44.6 Å². The Morgan fingerprint density at radius 2 is 1.91 bits per heavy atom. The third kappa shape index (κ3) is 4.24. The first-order valence-corrected chi connectivity index (χ1v) is 8.98. The zero-order valence-electron chi connectivity index (χ0n) is 13.4. The molecular formula is C18H24ClFN2O. The van der Waals surface area contributed by atoms with Gasteiger partial charge in [-0.2, -0.15) is 0 Å². The van der Waals surface area contributed by atoms with Gasteiger partial charge in [-0.25, -0.2) is 4.39 Å². The standard InChI is InChI=1S/C18H24ClFN2O/c19-17-11-14(20)5-6-16(17)18(23)21-12-13-7-9-22(10-8-13)15-3-1-2-4-15/h5-6,11,13,15H,1-4,7-10,12H2,(H,21,23). The molecule has 1 aliphatic carbocycles. The van der Waals surface area contributed by atoms with Crippen LogP contribution in [0.3, 0.4) is 0 Å². The third-order valence-corrected chi connectivity index (χ3v) is 5.53. The predicted molar refractivity (Wildman–Crippen MR) is 90.3 cm³/mol. The van der Waals surface area contributed by atoms with Gasteiger partial charge in [0, 0.05) is 12.6 Å². The Morgan fingerprint density at radius 1 is 1.22 bits per heavy atom. The van der Waals surface area contributed by atoms with Gasteiger partial charge in [-0.3, -0.25) is 4.79 Å². The van der Waals surface area contributed by atoms with E-state index in [9.17, 15) is 9.18 Å². The van der Waals surface area contributed by atoms with E-state index in [1.807, 2.05) is 0 Å². The van der Waals surface area contributed by atoms with Crippen molar-refractivity contribution < 1.29 is 9.18 Å². The third-order valence-electron chi connectivity index (χ3n) is 5.22. The molecule has 3 rings (SSSR count). The monoisotopic (exact) mass is 338 g/mol. The summed E-state index contributed by atoms with van der Waals surface area (Å²) in [5.74, 6) is -0.116. The lowest BCUT2D eigenvalue weighted by atomic mass is 9.95. The summed E-state index contributed by atoms with van der Waals surface area (Å²) >= 11 is 5.93. The van der Waals surface area contributed by atoms with Crippen LogP contribution in [0.2, 0.25) is 5.02 Å². The Kier molecular flexibility index (Phi) is 5.54. The first-order chi connectivity index (χ1) is 11.1. The lowest BCUT2D eigenvalue weighted by molar-refractivity contribution is 0.0925. The number of nitrogens with one attached hydrogen (secondary N) is 1. The fourth-order valence-corrected chi connectivity index (χ4v) is 4.05. The van der Waals surface area contributed by atoms with Crippen LogP contribution in [0.5, 0.6) is 0 Å². The maximum atomic E-state index is 13.0. The molecule has 1 aliphatic heterocycles. The molecule has 0 radical (unpaired) electrons. The molecule has 126 valence electrons. The van der Waals surface area contributed by atoms with Gasteiger partial charge in [-0.1, -0.05) is 24.4 Å². The molecule has 1 N–H and O–H groups in total. The number of hydrogen-bond acceptors (Lipinski definition) is 2.